The number of nitrogens with one attached hydrogen (secondary N) is 1. The maximum Gasteiger partial charge on any atom is 0.253 e. The molecular formula is C15H23N3O. The molecular weight excluding hydrogens is 238 g/mol. The first-order valence-corrected chi connectivity index (χ1v) is 7.04. The first kappa shape index (κ1) is 13.7. The second-order valence-corrected chi connectivity index (χ2v) is 5.30. The van der Waals surface area contributed by atoms with Crippen molar-refractivity contribution in [3.05, 3.63) is 23.8 Å². The van der Waals surface area contributed by atoms with Crippen LogP contribution in [-0.2, 0) is 0 Å². The van der Waals surface area contributed by atoms with Crippen molar-refractivity contribution in [1.82, 2.24) is 5.32 Å². The van der Waals surface area contributed by atoms with Gasteiger partial charge in [-0.2, -0.15) is 0 Å². The first-order valence-electron chi connectivity index (χ1n) is 7.04. The lowest BCUT2D eigenvalue weighted by molar-refractivity contribution is 0.0956. The molecule has 1 aliphatic heterocycles. The second-order valence-electron chi connectivity index (χ2n) is 5.30. The zero-order valence-electron chi connectivity index (χ0n) is 11.8. The highest BCUT2D eigenvalue weighted by molar-refractivity contribution is 6.00. The SMILES string of the molecule is CCNC(=O)c1cc(N2CCC(C)CC2)ccc1N. The summed E-state index contributed by atoms with van der Waals surface area (Å²) in [6.45, 7) is 6.92. The van der Waals surface area contributed by atoms with Crippen LogP contribution in [0.3, 0.4) is 0 Å². The quantitative estimate of drug-likeness (QED) is 0.821. The van der Waals surface area contributed by atoms with Crippen LogP contribution in [0.1, 0.15) is 37.0 Å². The standard InChI is InChI=1S/C15H23N3O/c1-3-17-15(19)13-10-12(4-5-14(13)16)18-8-6-11(2)7-9-18/h4-5,10-11H,3,6-9,16H2,1-2H3,(H,17,19). The molecule has 4 heteroatoms. The number of hydrogen-bond acceptors (Lipinski definition) is 3. The van der Waals surface area contributed by atoms with Gasteiger partial charge in [0.15, 0.2) is 0 Å². The number of nitrogen functional groups attached to an aromatic ring is 1. The van der Waals surface area contributed by atoms with Gasteiger partial charge in [-0.3, -0.25) is 4.79 Å². The summed E-state index contributed by atoms with van der Waals surface area (Å²) in [5.41, 5.74) is 8.12. The molecule has 1 aromatic rings. The van der Waals surface area contributed by atoms with Crippen molar-refractivity contribution in [2.75, 3.05) is 30.3 Å². The van der Waals surface area contributed by atoms with Gasteiger partial charge in [-0.15, -0.1) is 0 Å². The molecule has 4 nitrogen and oxygen atoms in total. The summed E-state index contributed by atoms with van der Waals surface area (Å²) in [6.07, 6.45) is 2.42. The predicted octanol–water partition coefficient (Wildman–Crippen LogP) is 2.25. The molecule has 0 aliphatic carbocycles. The summed E-state index contributed by atoms with van der Waals surface area (Å²) >= 11 is 0. The number of piperidine rings is 1. The maximum absolute atomic E-state index is 11.9. The van der Waals surface area contributed by atoms with Gasteiger partial charge in [0.05, 0.1) is 5.56 Å². The molecule has 3 N–H and O–H groups in total. The number of anilines is 2. The smallest absolute Gasteiger partial charge is 0.253 e. The third kappa shape index (κ3) is 3.19. The molecule has 0 unspecified atom stereocenters. The summed E-state index contributed by atoms with van der Waals surface area (Å²) < 4.78 is 0. The molecule has 0 bridgehead atoms. The molecule has 1 aliphatic rings. The molecule has 104 valence electrons. The average molecular weight is 261 g/mol. The molecule has 19 heavy (non-hydrogen) atoms. The molecule has 1 heterocycles. The third-order valence-electron chi connectivity index (χ3n) is 3.77. The lowest BCUT2D eigenvalue weighted by Crippen LogP contribution is -2.33. The molecule has 0 radical (unpaired) electrons. The highest BCUT2D eigenvalue weighted by Gasteiger charge is 2.18. The van der Waals surface area contributed by atoms with Crippen LogP contribution in [0.5, 0.6) is 0 Å². The van der Waals surface area contributed by atoms with Crippen LogP contribution in [0, 0.1) is 5.92 Å². The Balaban J connectivity index is 2.18. The van der Waals surface area contributed by atoms with E-state index in [1.54, 1.807) is 0 Å². The molecule has 1 amide bonds. The van der Waals surface area contributed by atoms with Gasteiger partial charge in [0, 0.05) is 31.0 Å². The number of carbonyl (C=O) groups excluding carboxylic acids is 1. The summed E-state index contributed by atoms with van der Waals surface area (Å²) in [5, 5.41) is 2.80. The zero-order chi connectivity index (χ0) is 13.8. The fraction of sp³-hybridized carbons (Fsp3) is 0.533. The number of nitrogens with zero attached hydrogens (tertiary/aromatic N) is 1. The molecule has 0 spiro atoms. The predicted molar refractivity (Wildman–Crippen MR) is 79.5 cm³/mol. The Morgan fingerprint density at radius 1 is 1.42 bits per heavy atom. The summed E-state index contributed by atoms with van der Waals surface area (Å²) in [4.78, 5) is 14.3. The van der Waals surface area contributed by atoms with Gasteiger partial charge in [-0.25, -0.2) is 0 Å². The number of rotatable bonds is 3. The van der Waals surface area contributed by atoms with Gasteiger partial charge in [-0.05, 0) is 43.9 Å². The van der Waals surface area contributed by atoms with Crippen LogP contribution < -0.4 is 16.0 Å². The minimum atomic E-state index is -0.0905. The molecule has 1 aromatic carbocycles. The van der Waals surface area contributed by atoms with Crippen molar-refractivity contribution in [3.8, 4) is 0 Å². The Labute approximate surface area is 115 Å². The van der Waals surface area contributed by atoms with Crippen molar-refractivity contribution in [2.24, 2.45) is 5.92 Å². The van der Waals surface area contributed by atoms with E-state index in [0.29, 0.717) is 17.8 Å². The minimum Gasteiger partial charge on any atom is -0.398 e. The van der Waals surface area contributed by atoms with Gasteiger partial charge in [0.1, 0.15) is 0 Å². The normalized spacial score (nSPS) is 16.4. The lowest BCUT2D eigenvalue weighted by Gasteiger charge is -2.32. The van der Waals surface area contributed by atoms with Crippen LogP contribution in [0.15, 0.2) is 18.2 Å². The van der Waals surface area contributed by atoms with E-state index in [-0.39, 0.29) is 5.91 Å². The largest absolute Gasteiger partial charge is 0.398 e. The van der Waals surface area contributed by atoms with Gasteiger partial charge in [0.25, 0.3) is 5.91 Å². The fourth-order valence-electron chi connectivity index (χ4n) is 2.46. The van der Waals surface area contributed by atoms with Gasteiger partial charge in [0.2, 0.25) is 0 Å². The van der Waals surface area contributed by atoms with Crippen molar-refractivity contribution in [1.29, 1.82) is 0 Å². The van der Waals surface area contributed by atoms with Crippen LogP contribution >= 0.6 is 0 Å². The van der Waals surface area contributed by atoms with E-state index in [2.05, 4.69) is 17.1 Å². The topological polar surface area (TPSA) is 58.4 Å². The van der Waals surface area contributed by atoms with E-state index in [9.17, 15) is 4.79 Å². The van der Waals surface area contributed by atoms with Crippen LogP contribution in [0.2, 0.25) is 0 Å². The molecule has 2 rings (SSSR count). The molecule has 1 saturated heterocycles. The Hall–Kier alpha value is -1.71. The minimum absolute atomic E-state index is 0.0905. The van der Waals surface area contributed by atoms with E-state index in [1.807, 2.05) is 25.1 Å². The molecule has 0 aromatic heterocycles. The number of hydrogen-bond donors (Lipinski definition) is 2. The molecule has 0 atom stereocenters. The van der Waals surface area contributed by atoms with Crippen molar-refractivity contribution >= 4 is 17.3 Å². The summed E-state index contributed by atoms with van der Waals surface area (Å²) in [6, 6.07) is 5.75. The first-order chi connectivity index (χ1) is 9.11. The summed E-state index contributed by atoms with van der Waals surface area (Å²) in [7, 11) is 0. The lowest BCUT2D eigenvalue weighted by atomic mass is 9.98. The number of amides is 1. The van der Waals surface area contributed by atoms with Crippen molar-refractivity contribution in [3.63, 3.8) is 0 Å². The maximum atomic E-state index is 11.9. The third-order valence-corrected chi connectivity index (χ3v) is 3.77. The highest BCUT2D eigenvalue weighted by atomic mass is 16.1. The number of benzene rings is 1. The Morgan fingerprint density at radius 3 is 2.74 bits per heavy atom. The fourth-order valence-corrected chi connectivity index (χ4v) is 2.46. The summed E-state index contributed by atoms with van der Waals surface area (Å²) in [5.74, 6) is 0.708. The highest BCUT2D eigenvalue weighted by Crippen LogP contribution is 2.26. The molecule has 1 fully saturated rings. The van der Waals surface area contributed by atoms with Crippen LogP contribution in [0.4, 0.5) is 11.4 Å². The average Bonchev–Trinajstić information content (AvgIpc) is 2.40. The van der Waals surface area contributed by atoms with E-state index in [1.165, 1.54) is 12.8 Å². The number of nitrogens with two attached hydrogens (primary N) is 1. The Kier molecular flexibility index (Phi) is 4.30. The second kappa shape index (κ2) is 5.95. The number of carbonyl (C=O) groups is 1. The Morgan fingerprint density at radius 2 is 2.11 bits per heavy atom. The van der Waals surface area contributed by atoms with E-state index in [0.717, 1.165) is 24.7 Å². The van der Waals surface area contributed by atoms with E-state index in [4.69, 9.17) is 5.73 Å². The van der Waals surface area contributed by atoms with E-state index < -0.39 is 0 Å². The van der Waals surface area contributed by atoms with Gasteiger partial charge in [-0.1, -0.05) is 6.92 Å². The van der Waals surface area contributed by atoms with E-state index >= 15 is 0 Å². The van der Waals surface area contributed by atoms with Gasteiger partial charge >= 0.3 is 0 Å². The zero-order valence-corrected chi connectivity index (χ0v) is 11.8. The van der Waals surface area contributed by atoms with Crippen molar-refractivity contribution in [2.45, 2.75) is 26.7 Å². The van der Waals surface area contributed by atoms with Crippen molar-refractivity contribution < 1.29 is 4.79 Å². The van der Waals surface area contributed by atoms with Crippen LogP contribution in [-0.4, -0.2) is 25.5 Å². The molecule has 0 saturated carbocycles. The van der Waals surface area contributed by atoms with Gasteiger partial charge < -0.3 is 16.0 Å². The monoisotopic (exact) mass is 261 g/mol. The van der Waals surface area contributed by atoms with Crippen LogP contribution in [0.25, 0.3) is 0 Å². The Bertz CT molecular complexity index is 451.